The SMILES string of the molecule is C=C(C#N)c1nc2ccccc2s1.Cc1cccn2c(=O)cc(Oc3ccc(F)cc3)nc12. The first-order valence-corrected chi connectivity index (χ1v) is 10.6. The Bertz CT molecular complexity index is 1530. The fourth-order valence-corrected chi connectivity index (χ4v) is 3.85. The number of aromatic nitrogens is 3. The summed E-state index contributed by atoms with van der Waals surface area (Å²) in [7, 11) is 0. The molecule has 6 nitrogen and oxygen atoms in total. The normalized spacial score (nSPS) is 10.3. The summed E-state index contributed by atoms with van der Waals surface area (Å²) in [6, 6.07) is 20.3. The van der Waals surface area contributed by atoms with Crippen molar-refractivity contribution in [1.29, 1.82) is 5.26 Å². The lowest BCUT2D eigenvalue weighted by atomic mass is 10.3. The van der Waals surface area contributed by atoms with Gasteiger partial charge < -0.3 is 4.74 Å². The Kier molecular flexibility index (Phi) is 6.24. The van der Waals surface area contributed by atoms with Crippen molar-refractivity contribution in [2.24, 2.45) is 0 Å². The molecule has 0 atom stereocenters. The smallest absolute Gasteiger partial charge is 0.261 e. The molecule has 0 aliphatic rings. The molecule has 0 N–H and O–H groups in total. The highest BCUT2D eigenvalue weighted by Crippen LogP contribution is 2.25. The number of nitrogens with zero attached hydrogens (tertiary/aromatic N) is 4. The molecule has 0 saturated heterocycles. The molecule has 0 spiro atoms. The van der Waals surface area contributed by atoms with E-state index in [0.717, 1.165) is 15.8 Å². The van der Waals surface area contributed by atoms with E-state index in [2.05, 4.69) is 16.5 Å². The molecule has 8 heteroatoms. The van der Waals surface area contributed by atoms with Crippen LogP contribution in [0.5, 0.6) is 11.6 Å². The van der Waals surface area contributed by atoms with Gasteiger partial charge in [-0.1, -0.05) is 24.8 Å². The molecule has 0 aliphatic carbocycles. The number of ether oxygens (including phenoxy) is 1. The van der Waals surface area contributed by atoms with E-state index in [1.54, 1.807) is 12.3 Å². The van der Waals surface area contributed by atoms with Gasteiger partial charge in [0.1, 0.15) is 28.3 Å². The zero-order valence-electron chi connectivity index (χ0n) is 17.5. The van der Waals surface area contributed by atoms with Crippen LogP contribution in [0.15, 0.2) is 84.3 Å². The third kappa shape index (κ3) is 4.95. The van der Waals surface area contributed by atoms with Gasteiger partial charge in [-0.25, -0.2) is 9.37 Å². The molecule has 0 fully saturated rings. The summed E-state index contributed by atoms with van der Waals surface area (Å²) in [6.07, 6.45) is 1.65. The molecule has 162 valence electrons. The lowest BCUT2D eigenvalue weighted by molar-refractivity contribution is 0.460. The van der Waals surface area contributed by atoms with Gasteiger partial charge >= 0.3 is 0 Å². The molecule has 33 heavy (non-hydrogen) atoms. The predicted molar refractivity (Wildman–Crippen MR) is 127 cm³/mol. The Morgan fingerprint density at radius 1 is 1.12 bits per heavy atom. The van der Waals surface area contributed by atoms with Gasteiger partial charge in [0, 0.05) is 6.20 Å². The number of halogens is 1. The fourth-order valence-electron chi connectivity index (χ4n) is 2.97. The largest absolute Gasteiger partial charge is 0.439 e. The first-order valence-electron chi connectivity index (χ1n) is 9.82. The fraction of sp³-hybridized carbons (Fsp3) is 0.0400. The Morgan fingerprint density at radius 2 is 1.88 bits per heavy atom. The van der Waals surface area contributed by atoms with Crippen LogP contribution in [-0.4, -0.2) is 14.4 Å². The zero-order chi connectivity index (χ0) is 23.4. The molecular formula is C25H17FN4O2S. The summed E-state index contributed by atoms with van der Waals surface area (Å²) in [6.45, 7) is 5.49. The number of para-hydroxylation sites is 1. The second-order valence-electron chi connectivity index (χ2n) is 6.95. The van der Waals surface area contributed by atoms with E-state index in [4.69, 9.17) is 10.00 Å². The van der Waals surface area contributed by atoms with Crippen molar-refractivity contribution in [2.45, 2.75) is 6.92 Å². The number of allylic oxidation sites excluding steroid dienone is 1. The highest BCUT2D eigenvalue weighted by Gasteiger charge is 2.07. The maximum atomic E-state index is 12.8. The van der Waals surface area contributed by atoms with Crippen molar-refractivity contribution in [2.75, 3.05) is 0 Å². The number of rotatable bonds is 3. The maximum absolute atomic E-state index is 12.8. The number of benzene rings is 2. The number of aryl methyl sites for hydroxylation is 1. The summed E-state index contributed by atoms with van der Waals surface area (Å²) in [5.74, 6) is 0.270. The molecule has 3 aromatic heterocycles. The monoisotopic (exact) mass is 456 g/mol. The van der Waals surface area contributed by atoms with E-state index in [-0.39, 0.29) is 17.3 Å². The molecular weight excluding hydrogens is 439 g/mol. The van der Waals surface area contributed by atoms with E-state index in [0.29, 0.717) is 22.0 Å². The Balaban J connectivity index is 0.000000172. The molecule has 0 radical (unpaired) electrons. The Hall–Kier alpha value is -4.35. The number of fused-ring (bicyclic) bond motifs is 2. The van der Waals surface area contributed by atoms with Gasteiger partial charge in [0.2, 0.25) is 5.88 Å². The van der Waals surface area contributed by atoms with Crippen LogP contribution in [0.1, 0.15) is 10.6 Å². The van der Waals surface area contributed by atoms with E-state index in [1.165, 1.54) is 46.1 Å². The zero-order valence-corrected chi connectivity index (χ0v) is 18.3. The molecule has 5 rings (SSSR count). The van der Waals surface area contributed by atoms with E-state index in [1.807, 2.05) is 43.3 Å². The van der Waals surface area contributed by atoms with Crippen LogP contribution in [0.25, 0.3) is 21.4 Å². The summed E-state index contributed by atoms with van der Waals surface area (Å²) >= 11 is 1.50. The van der Waals surface area contributed by atoms with Crippen LogP contribution in [0.4, 0.5) is 4.39 Å². The quantitative estimate of drug-likeness (QED) is 0.322. The lowest BCUT2D eigenvalue weighted by Gasteiger charge is -2.07. The number of thiazole rings is 1. The van der Waals surface area contributed by atoms with E-state index in [9.17, 15) is 9.18 Å². The third-order valence-corrected chi connectivity index (χ3v) is 5.68. The van der Waals surface area contributed by atoms with Crippen molar-refractivity contribution in [1.82, 2.24) is 14.4 Å². The molecule has 0 saturated carbocycles. The average Bonchev–Trinajstić information content (AvgIpc) is 3.26. The topological polar surface area (TPSA) is 80.3 Å². The van der Waals surface area contributed by atoms with Crippen LogP contribution >= 0.6 is 11.3 Å². The molecule has 5 aromatic rings. The molecule has 0 aliphatic heterocycles. The standard InChI is InChI=1S/C15H11FN2O2.C10H6N2S/c1-10-3-2-8-18-14(19)9-13(17-15(10)18)20-12-6-4-11(16)5-7-12;1-7(6-11)10-12-8-4-2-3-5-9(8)13-10/h2-9H,1H3;2-5H,1H2. The highest BCUT2D eigenvalue weighted by atomic mass is 32.1. The van der Waals surface area contributed by atoms with Gasteiger partial charge in [-0.2, -0.15) is 10.2 Å². The lowest BCUT2D eigenvalue weighted by Crippen LogP contribution is -2.14. The van der Waals surface area contributed by atoms with Crippen molar-refractivity contribution < 1.29 is 9.13 Å². The molecule has 2 aromatic carbocycles. The number of pyridine rings is 1. The van der Waals surface area contributed by atoms with Crippen LogP contribution < -0.4 is 10.3 Å². The van der Waals surface area contributed by atoms with Crippen LogP contribution in [-0.2, 0) is 0 Å². The van der Waals surface area contributed by atoms with Crippen LogP contribution in [0.2, 0.25) is 0 Å². The minimum atomic E-state index is -0.347. The van der Waals surface area contributed by atoms with Crippen molar-refractivity contribution in [3.63, 3.8) is 0 Å². The van der Waals surface area contributed by atoms with Gasteiger partial charge in [-0.15, -0.1) is 11.3 Å². The van der Waals surface area contributed by atoms with Crippen LogP contribution in [0, 0.1) is 24.1 Å². The minimum absolute atomic E-state index is 0.191. The number of hydrogen-bond donors (Lipinski definition) is 0. The van der Waals surface area contributed by atoms with Crippen molar-refractivity contribution >= 4 is 32.8 Å². The Morgan fingerprint density at radius 3 is 2.61 bits per heavy atom. The summed E-state index contributed by atoms with van der Waals surface area (Å²) < 4.78 is 20.9. The predicted octanol–water partition coefficient (Wildman–Crippen LogP) is 5.77. The summed E-state index contributed by atoms with van der Waals surface area (Å²) in [5, 5.41) is 9.34. The van der Waals surface area contributed by atoms with Crippen LogP contribution in [0.3, 0.4) is 0 Å². The highest BCUT2D eigenvalue weighted by molar-refractivity contribution is 7.19. The maximum Gasteiger partial charge on any atom is 0.261 e. The second-order valence-corrected chi connectivity index (χ2v) is 7.98. The number of hydrogen-bond acceptors (Lipinski definition) is 6. The molecule has 3 heterocycles. The summed E-state index contributed by atoms with van der Waals surface area (Å²) in [5.41, 5.74) is 2.54. The second kappa shape index (κ2) is 9.42. The minimum Gasteiger partial charge on any atom is -0.439 e. The molecule has 0 bridgehead atoms. The van der Waals surface area contributed by atoms with Gasteiger partial charge in [0.15, 0.2) is 0 Å². The van der Waals surface area contributed by atoms with Gasteiger partial charge in [0.25, 0.3) is 5.56 Å². The average molecular weight is 457 g/mol. The van der Waals surface area contributed by atoms with E-state index < -0.39 is 0 Å². The van der Waals surface area contributed by atoms with Gasteiger partial charge in [-0.3, -0.25) is 9.20 Å². The first kappa shape index (κ1) is 21.9. The molecule has 0 unspecified atom stereocenters. The Labute approximate surface area is 192 Å². The summed E-state index contributed by atoms with van der Waals surface area (Å²) in [4.78, 5) is 20.6. The van der Waals surface area contributed by atoms with Crippen molar-refractivity contribution in [3.8, 4) is 17.7 Å². The number of nitriles is 1. The van der Waals surface area contributed by atoms with E-state index >= 15 is 0 Å². The van der Waals surface area contributed by atoms with Gasteiger partial charge in [-0.05, 0) is 55.0 Å². The van der Waals surface area contributed by atoms with Crippen molar-refractivity contribution in [3.05, 3.63) is 106 Å². The van der Waals surface area contributed by atoms with Gasteiger partial charge in [0.05, 0.1) is 21.9 Å². The third-order valence-electron chi connectivity index (χ3n) is 4.59. The molecule has 0 amide bonds. The first-order chi connectivity index (χ1) is 15.9.